The standard InChI is InChI=1S/C25H25F2N5O6/c1-31-10-14(8-29-31)16-7-21-28-9-17(32(21)11-20(16)37-12-22(33)34)13-5-18(36-2)23(19(6-13)38-25(26)27)24(35)30-15-3-4-15/h5-11,15,22,25,33-34H,3-4,12H2,1-2H3,(H,30,35). The summed E-state index contributed by atoms with van der Waals surface area (Å²) in [5.74, 6) is -0.550. The third-order valence-electron chi connectivity index (χ3n) is 5.95. The molecule has 3 heterocycles. The highest BCUT2D eigenvalue weighted by atomic mass is 19.3. The normalized spacial score (nSPS) is 13.4. The average Bonchev–Trinajstić information content (AvgIpc) is 3.41. The van der Waals surface area contributed by atoms with E-state index in [4.69, 9.17) is 14.2 Å². The second-order valence-corrected chi connectivity index (χ2v) is 8.80. The smallest absolute Gasteiger partial charge is 0.387 e. The lowest BCUT2D eigenvalue weighted by atomic mass is 10.1. The van der Waals surface area contributed by atoms with E-state index in [1.807, 2.05) is 0 Å². The van der Waals surface area contributed by atoms with Gasteiger partial charge in [0.15, 0.2) is 6.29 Å². The van der Waals surface area contributed by atoms with Crippen LogP contribution in [0.3, 0.4) is 0 Å². The molecular formula is C25H25F2N5O6. The number of aryl methyl sites for hydroxylation is 1. The number of imidazole rings is 1. The third-order valence-corrected chi connectivity index (χ3v) is 5.95. The highest BCUT2D eigenvalue weighted by Crippen LogP contribution is 2.38. The van der Waals surface area contributed by atoms with Crippen LogP contribution in [0.5, 0.6) is 17.2 Å². The van der Waals surface area contributed by atoms with Crippen LogP contribution in [0.1, 0.15) is 23.2 Å². The molecule has 0 unspecified atom stereocenters. The van der Waals surface area contributed by atoms with E-state index in [0.29, 0.717) is 33.8 Å². The number of carbonyl (C=O) groups excluding carboxylic acids is 1. The molecular weight excluding hydrogens is 504 g/mol. The van der Waals surface area contributed by atoms with Crippen molar-refractivity contribution >= 4 is 11.6 Å². The fourth-order valence-electron chi connectivity index (χ4n) is 4.08. The molecule has 0 radical (unpaired) electrons. The van der Waals surface area contributed by atoms with E-state index in [0.717, 1.165) is 12.8 Å². The molecule has 0 spiro atoms. The third kappa shape index (κ3) is 5.24. The number of rotatable bonds is 10. The molecule has 0 bridgehead atoms. The molecule has 3 N–H and O–H groups in total. The molecule has 0 atom stereocenters. The van der Waals surface area contributed by atoms with Crippen LogP contribution >= 0.6 is 0 Å². The zero-order chi connectivity index (χ0) is 27.0. The number of alkyl halides is 2. The first-order valence-corrected chi connectivity index (χ1v) is 11.7. The summed E-state index contributed by atoms with van der Waals surface area (Å²) in [5, 5.41) is 25.6. The second kappa shape index (κ2) is 10.3. The van der Waals surface area contributed by atoms with E-state index in [1.165, 1.54) is 25.4 Å². The zero-order valence-corrected chi connectivity index (χ0v) is 20.5. The van der Waals surface area contributed by atoms with Crippen molar-refractivity contribution in [3.63, 3.8) is 0 Å². The Bertz CT molecular complexity index is 1480. The maximum absolute atomic E-state index is 13.3. The molecule has 1 fully saturated rings. The number of nitrogens with zero attached hydrogens (tertiary/aromatic N) is 4. The summed E-state index contributed by atoms with van der Waals surface area (Å²) in [6, 6.07) is 4.59. The van der Waals surface area contributed by atoms with E-state index in [-0.39, 0.29) is 23.1 Å². The van der Waals surface area contributed by atoms with Gasteiger partial charge in [0.1, 0.15) is 35.1 Å². The van der Waals surface area contributed by atoms with Crippen molar-refractivity contribution in [2.45, 2.75) is 31.8 Å². The van der Waals surface area contributed by atoms with Crippen LogP contribution in [0.15, 0.2) is 43.0 Å². The van der Waals surface area contributed by atoms with Gasteiger partial charge in [-0.15, -0.1) is 0 Å². The first-order valence-electron chi connectivity index (χ1n) is 11.7. The van der Waals surface area contributed by atoms with E-state index in [9.17, 15) is 23.8 Å². The molecule has 0 aliphatic heterocycles. The molecule has 13 heteroatoms. The number of carbonyl (C=O) groups is 1. The molecule has 200 valence electrons. The molecule has 1 saturated carbocycles. The number of nitrogens with one attached hydrogen (secondary N) is 1. The van der Waals surface area contributed by atoms with Crippen LogP contribution in [-0.2, 0) is 7.05 Å². The van der Waals surface area contributed by atoms with Crippen LogP contribution in [0, 0.1) is 0 Å². The van der Waals surface area contributed by atoms with Crippen molar-refractivity contribution in [3.05, 3.63) is 48.5 Å². The van der Waals surface area contributed by atoms with Gasteiger partial charge >= 0.3 is 6.61 Å². The van der Waals surface area contributed by atoms with Crippen LogP contribution in [0.2, 0.25) is 0 Å². The summed E-state index contributed by atoms with van der Waals surface area (Å²) in [4.78, 5) is 17.3. The Labute approximate surface area is 215 Å². The Morgan fingerprint density at radius 3 is 2.53 bits per heavy atom. The summed E-state index contributed by atoms with van der Waals surface area (Å²) in [6.45, 7) is -3.56. The SMILES string of the molecule is COc1cc(-c2cnc3cc(-c4cnn(C)c4)c(OCC(O)O)cn23)cc(OC(F)F)c1C(=O)NC1CC1. The molecule has 1 aromatic carbocycles. The van der Waals surface area contributed by atoms with Gasteiger partial charge in [-0.25, -0.2) is 4.98 Å². The van der Waals surface area contributed by atoms with Crippen molar-refractivity contribution in [2.24, 2.45) is 7.05 Å². The van der Waals surface area contributed by atoms with Crippen LogP contribution in [-0.4, -0.2) is 67.9 Å². The van der Waals surface area contributed by atoms with Gasteiger partial charge in [0.25, 0.3) is 5.91 Å². The molecule has 4 aromatic rings. The minimum atomic E-state index is -3.17. The number of aliphatic hydroxyl groups excluding tert-OH is 1. The van der Waals surface area contributed by atoms with E-state index < -0.39 is 25.4 Å². The molecule has 1 amide bonds. The summed E-state index contributed by atoms with van der Waals surface area (Å²) in [6.07, 6.45) is 6.44. The number of hydrogen-bond acceptors (Lipinski definition) is 8. The average molecular weight is 530 g/mol. The summed E-state index contributed by atoms with van der Waals surface area (Å²) < 4.78 is 45.7. The summed E-state index contributed by atoms with van der Waals surface area (Å²) in [5.41, 5.74) is 2.52. The number of halogens is 2. The number of pyridine rings is 1. The first kappa shape index (κ1) is 25.4. The highest BCUT2D eigenvalue weighted by Gasteiger charge is 2.29. The van der Waals surface area contributed by atoms with E-state index >= 15 is 0 Å². The molecule has 3 aromatic heterocycles. The lowest BCUT2D eigenvalue weighted by Gasteiger charge is -2.17. The summed E-state index contributed by atoms with van der Waals surface area (Å²) >= 11 is 0. The fraction of sp³-hybridized carbons (Fsp3) is 0.320. The maximum Gasteiger partial charge on any atom is 0.387 e. The van der Waals surface area contributed by atoms with E-state index in [1.54, 1.807) is 40.8 Å². The Morgan fingerprint density at radius 2 is 1.89 bits per heavy atom. The van der Waals surface area contributed by atoms with Crippen molar-refractivity contribution < 1.29 is 38.0 Å². The Hall–Kier alpha value is -4.23. The van der Waals surface area contributed by atoms with Gasteiger partial charge in [-0.1, -0.05) is 0 Å². The van der Waals surface area contributed by atoms with Gasteiger partial charge < -0.3 is 29.7 Å². The predicted molar refractivity (Wildman–Crippen MR) is 130 cm³/mol. The second-order valence-electron chi connectivity index (χ2n) is 8.80. The van der Waals surface area contributed by atoms with Crippen LogP contribution < -0.4 is 19.5 Å². The minimum Gasteiger partial charge on any atom is -0.496 e. The Morgan fingerprint density at radius 1 is 1.13 bits per heavy atom. The number of hydrogen-bond donors (Lipinski definition) is 3. The lowest BCUT2D eigenvalue weighted by molar-refractivity contribution is -0.0680. The lowest BCUT2D eigenvalue weighted by Crippen LogP contribution is -2.26. The molecule has 38 heavy (non-hydrogen) atoms. The first-order chi connectivity index (χ1) is 18.2. The molecule has 11 nitrogen and oxygen atoms in total. The quantitative estimate of drug-likeness (QED) is 0.267. The van der Waals surface area contributed by atoms with Gasteiger partial charge in [0.05, 0.1) is 31.4 Å². The molecule has 1 aliphatic rings. The number of fused-ring (bicyclic) bond motifs is 1. The van der Waals surface area contributed by atoms with E-state index in [2.05, 4.69) is 15.4 Å². The van der Waals surface area contributed by atoms with Gasteiger partial charge in [-0.05, 0) is 31.0 Å². The Kier molecular flexibility index (Phi) is 6.87. The number of aliphatic hydroxyl groups is 2. The minimum absolute atomic E-state index is 0.00470. The fourth-order valence-corrected chi connectivity index (χ4v) is 4.08. The van der Waals surface area contributed by atoms with Crippen molar-refractivity contribution in [1.29, 1.82) is 0 Å². The molecule has 1 aliphatic carbocycles. The monoisotopic (exact) mass is 529 g/mol. The van der Waals surface area contributed by atoms with Crippen LogP contribution in [0.25, 0.3) is 28.0 Å². The van der Waals surface area contributed by atoms with Crippen molar-refractivity contribution in [1.82, 2.24) is 24.5 Å². The maximum atomic E-state index is 13.3. The topological polar surface area (TPSA) is 132 Å². The van der Waals surface area contributed by atoms with Crippen molar-refractivity contribution in [2.75, 3.05) is 13.7 Å². The zero-order valence-electron chi connectivity index (χ0n) is 20.5. The van der Waals surface area contributed by atoms with Crippen LogP contribution in [0.4, 0.5) is 8.78 Å². The highest BCUT2D eigenvalue weighted by molar-refractivity contribution is 6.01. The Balaban J connectivity index is 1.63. The number of aromatic nitrogens is 4. The van der Waals surface area contributed by atoms with Gasteiger partial charge in [-0.2, -0.15) is 13.9 Å². The van der Waals surface area contributed by atoms with Gasteiger partial charge in [0, 0.05) is 36.0 Å². The number of amides is 1. The number of ether oxygens (including phenoxy) is 3. The van der Waals surface area contributed by atoms with Crippen molar-refractivity contribution in [3.8, 4) is 39.6 Å². The predicted octanol–water partition coefficient (Wildman–Crippen LogP) is 2.59. The van der Waals surface area contributed by atoms with Gasteiger partial charge in [0.2, 0.25) is 0 Å². The summed E-state index contributed by atoms with van der Waals surface area (Å²) in [7, 11) is 3.09. The number of methoxy groups -OCH3 is 1. The largest absolute Gasteiger partial charge is 0.496 e. The number of benzene rings is 1. The molecule has 0 saturated heterocycles. The van der Waals surface area contributed by atoms with Gasteiger partial charge in [-0.3, -0.25) is 13.9 Å². The molecule has 5 rings (SSSR count).